The van der Waals surface area contributed by atoms with Crippen molar-refractivity contribution in [2.45, 2.75) is 38.8 Å². The molecule has 112 valence electrons. The molecule has 2 rings (SSSR count). The van der Waals surface area contributed by atoms with Gasteiger partial charge >= 0.3 is 0 Å². The summed E-state index contributed by atoms with van der Waals surface area (Å²) in [7, 11) is 1.70. The molecule has 0 bridgehead atoms. The third-order valence-electron chi connectivity index (χ3n) is 4.10. The van der Waals surface area contributed by atoms with E-state index in [0.717, 1.165) is 42.3 Å². The molecule has 1 aliphatic rings. The highest BCUT2D eigenvalue weighted by molar-refractivity contribution is 6.30. The van der Waals surface area contributed by atoms with Crippen LogP contribution in [0.1, 0.15) is 25.8 Å². The van der Waals surface area contributed by atoms with Gasteiger partial charge in [0, 0.05) is 23.6 Å². The van der Waals surface area contributed by atoms with Crippen LogP contribution in [0.4, 0.5) is 0 Å². The predicted molar refractivity (Wildman–Crippen MR) is 82.7 cm³/mol. The van der Waals surface area contributed by atoms with Crippen molar-refractivity contribution >= 4 is 11.6 Å². The van der Waals surface area contributed by atoms with Gasteiger partial charge in [-0.2, -0.15) is 0 Å². The lowest BCUT2D eigenvalue weighted by molar-refractivity contribution is 0.0955. The lowest BCUT2D eigenvalue weighted by atomic mass is 9.88. The van der Waals surface area contributed by atoms with Gasteiger partial charge in [0.1, 0.15) is 5.75 Å². The summed E-state index contributed by atoms with van der Waals surface area (Å²) in [6.07, 6.45) is 2.33. The maximum absolute atomic E-state index is 6.12. The number of ether oxygens (including phenoxy) is 2. The molecule has 1 heterocycles. The minimum Gasteiger partial charge on any atom is -0.496 e. The van der Waals surface area contributed by atoms with Gasteiger partial charge in [0.15, 0.2) is 0 Å². The fourth-order valence-corrected chi connectivity index (χ4v) is 3.25. The zero-order valence-corrected chi connectivity index (χ0v) is 13.2. The fourth-order valence-electron chi connectivity index (χ4n) is 3.06. The molecule has 0 amide bonds. The summed E-state index contributed by atoms with van der Waals surface area (Å²) in [5.74, 6) is 1.45. The highest BCUT2D eigenvalue weighted by Gasteiger charge is 2.31. The fraction of sp³-hybridized carbons (Fsp3) is 0.625. The van der Waals surface area contributed by atoms with Gasteiger partial charge in [-0.15, -0.1) is 0 Å². The topological polar surface area (TPSA) is 30.5 Å². The Hall–Kier alpha value is -0.770. The second kappa shape index (κ2) is 7.30. The first-order chi connectivity index (χ1) is 9.65. The summed E-state index contributed by atoms with van der Waals surface area (Å²) in [6.45, 7) is 6.12. The molecule has 4 heteroatoms. The van der Waals surface area contributed by atoms with Gasteiger partial charge in [0.2, 0.25) is 0 Å². The van der Waals surface area contributed by atoms with E-state index in [1.807, 2.05) is 18.2 Å². The van der Waals surface area contributed by atoms with Crippen LogP contribution in [-0.2, 0) is 11.2 Å². The van der Waals surface area contributed by atoms with Crippen molar-refractivity contribution in [2.75, 3.05) is 20.3 Å². The molecular formula is C16H24ClNO2. The van der Waals surface area contributed by atoms with Crippen LogP contribution in [0.2, 0.25) is 5.02 Å². The first-order valence-electron chi connectivity index (χ1n) is 7.33. The molecule has 3 nitrogen and oxygen atoms in total. The Morgan fingerprint density at radius 1 is 1.50 bits per heavy atom. The summed E-state index contributed by atoms with van der Waals surface area (Å²) in [5.41, 5.74) is 1.16. The van der Waals surface area contributed by atoms with Crippen molar-refractivity contribution in [3.63, 3.8) is 0 Å². The third kappa shape index (κ3) is 3.66. The van der Waals surface area contributed by atoms with Crippen molar-refractivity contribution in [3.8, 4) is 5.75 Å². The van der Waals surface area contributed by atoms with Gasteiger partial charge in [-0.05, 0) is 50.1 Å². The number of nitrogens with one attached hydrogen (secondary N) is 1. The van der Waals surface area contributed by atoms with E-state index in [1.165, 1.54) is 0 Å². The summed E-state index contributed by atoms with van der Waals surface area (Å²) in [4.78, 5) is 0. The van der Waals surface area contributed by atoms with Crippen LogP contribution in [0.25, 0.3) is 0 Å². The molecule has 1 N–H and O–H groups in total. The lowest BCUT2D eigenvalue weighted by Gasteiger charge is -2.27. The largest absolute Gasteiger partial charge is 0.496 e. The SMILES string of the molecule is CCNC(Cc1cc(Cl)ccc1OC)C1CCOC1C. The van der Waals surface area contributed by atoms with E-state index in [4.69, 9.17) is 21.1 Å². The molecule has 1 fully saturated rings. The molecule has 0 spiro atoms. The van der Waals surface area contributed by atoms with Crippen molar-refractivity contribution in [1.29, 1.82) is 0 Å². The quantitative estimate of drug-likeness (QED) is 0.874. The Bertz CT molecular complexity index is 438. The smallest absolute Gasteiger partial charge is 0.122 e. The van der Waals surface area contributed by atoms with Gasteiger partial charge in [-0.25, -0.2) is 0 Å². The standard InChI is InChI=1S/C16H24ClNO2/c1-4-18-15(14-7-8-20-11(14)2)10-12-9-13(17)5-6-16(12)19-3/h5-6,9,11,14-15,18H,4,7-8,10H2,1-3H3. The van der Waals surface area contributed by atoms with E-state index in [1.54, 1.807) is 7.11 Å². The molecule has 20 heavy (non-hydrogen) atoms. The number of methoxy groups -OCH3 is 1. The lowest BCUT2D eigenvalue weighted by Crippen LogP contribution is -2.40. The van der Waals surface area contributed by atoms with Crippen LogP contribution in [0.5, 0.6) is 5.75 Å². The molecule has 1 aromatic carbocycles. The monoisotopic (exact) mass is 297 g/mol. The maximum Gasteiger partial charge on any atom is 0.122 e. The number of likely N-dealkylation sites (N-methyl/N-ethyl adjacent to an activating group) is 1. The first-order valence-corrected chi connectivity index (χ1v) is 7.71. The minimum absolute atomic E-state index is 0.309. The Kier molecular flexibility index (Phi) is 5.70. The van der Waals surface area contributed by atoms with Crippen molar-refractivity contribution in [3.05, 3.63) is 28.8 Å². The number of halogens is 1. The summed E-state index contributed by atoms with van der Waals surface area (Å²) >= 11 is 6.12. The van der Waals surface area contributed by atoms with Crippen LogP contribution >= 0.6 is 11.6 Å². The van der Waals surface area contributed by atoms with Gasteiger partial charge in [-0.3, -0.25) is 0 Å². The highest BCUT2D eigenvalue weighted by atomic mass is 35.5. The second-order valence-electron chi connectivity index (χ2n) is 5.35. The minimum atomic E-state index is 0.309. The number of benzene rings is 1. The zero-order valence-electron chi connectivity index (χ0n) is 12.5. The molecule has 0 aliphatic carbocycles. The van der Waals surface area contributed by atoms with E-state index in [0.29, 0.717) is 18.1 Å². The number of rotatable bonds is 6. The van der Waals surface area contributed by atoms with Crippen molar-refractivity contribution < 1.29 is 9.47 Å². The second-order valence-corrected chi connectivity index (χ2v) is 5.79. The van der Waals surface area contributed by atoms with Crippen LogP contribution in [0.15, 0.2) is 18.2 Å². The first kappa shape index (κ1) is 15.6. The Labute approximate surface area is 126 Å². The molecule has 1 aliphatic heterocycles. The van der Waals surface area contributed by atoms with Crippen LogP contribution in [-0.4, -0.2) is 32.4 Å². The van der Waals surface area contributed by atoms with Gasteiger partial charge < -0.3 is 14.8 Å². The van der Waals surface area contributed by atoms with E-state index < -0.39 is 0 Å². The number of hydrogen-bond acceptors (Lipinski definition) is 3. The average molecular weight is 298 g/mol. The summed E-state index contributed by atoms with van der Waals surface area (Å²) in [5, 5.41) is 4.35. The zero-order chi connectivity index (χ0) is 14.5. The molecule has 0 radical (unpaired) electrons. The average Bonchev–Trinajstić information content (AvgIpc) is 2.85. The number of hydrogen-bond donors (Lipinski definition) is 1. The molecule has 1 aromatic rings. The summed E-state index contributed by atoms with van der Waals surface area (Å²) < 4.78 is 11.2. The Morgan fingerprint density at radius 2 is 2.30 bits per heavy atom. The van der Waals surface area contributed by atoms with E-state index in [2.05, 4.69) is 19.2 Å². The molecule has 0 saturated carbocycles. The van der Waals surface area contributed by atoms with E-state index in [9.17, 15) is 0 Å². The van der Waals surface area contributed by atoms with Gasteiger partial charge in [-0.1, -0.05) is 18.5 Å². The van der Waals surface area contributed by atoms with Crippen LogP contribution in [0.3, 0.4) is 0 Å². The van der Waals surface area contributed by atoms with Crippen LogP contribution in [0, 0.1) is 5.92 Å². The predicted octanol–water partition coefficient (Wildman–Crippen LogP) is 3.29. The molecule has 3 atom stereocenters. The highest BCUT2D eigenvalue weighted by Crippen LogP contribution is 2.29. The van der Waals surface area contributed by atoms with E-state index in [-0.39, 0.29) is 0 Å². The summed E-state index contributed by atoms with van der Waals surface area (Å²) in [6, 6.07) is 6.21. The maximum atomic E-state index is 6.12. The van der Waals surface area contributed by atoms with E-state index >= 15 is 0 Å². The molecular weight excluding hydrogens is 274 g/mol. The molecule has 1 saturated heterocycles. The Balaban J connectivity index is 2.17. The van der Waals surface area contributed by atoms with Gasteiger partial charge in [0.25, 0.3) is 0 Å². The van der Waals surface area contributed by atoms with Gasteiger partial charge in [0.05, 0.1) is 13.2 Å². The normalized spacial score (nSPS) is 23.8. The van der Waals surface area contributed by atoms with Crippen LogP contribution < -0.4 is 10.1 Å². The third-order valence-corrected chi connectivity index (χ3v) is 4.34. The molecule has 3 unspecified atom stereocenters. The Morgan fingerprint density at radius 3 is 2.90 bits per heavy atom. The van der Waals surface area contributed by atoms with Crippen molar-refractivity contribution in [1.82, 2.24) is 5.32 Å². The van der Waals surface area contributed by atoms with Crippen molar-refractivity contribution in [2.24, 2.45) is 5.92 Å². The molecule has 0 aromatic heterocycles.